The van der Waals surface area contributed by atoms with Crippen LogP contribution in [0.25, 0.3) is 0 Å². The largest absolute Gasteiger partial charge is 0.394 e. The van der Waals surface area contributed by atoms with Gasteiger partial charge in [-0.2, -0.15) is 0 Å². The van der Waals surface area contributed by atoms with E-state index < -0.39 is 32.2 Å². The van der Waals surface area contributed by atoms with Crippen molar-refractivity contribution in [3.05, 3.63) is 23.8 Å². The van der Waals surface area contributed by atoms with Gasteiger partial charge in [0.25, 0.3) is 0 Å². The Morgan fingerprint density at radius 2 is 2.00 bits per heavy atom. The van der Waals surface area contributed by atoms with Gasteiger partial charge in [-0.25, -0.2) is 21.9 Å². The van der Waals surface area contributed by atoms with Crippen LogP contribution in [0, 0.1) is 11.6 Å². The number of methoxy groups -OCH3 is 1. The molecule has 0 atom stereocenters. The fraction of sp³-hybridized carbons (Fsp3) is 0.455. The lowest BCUT2D eigenvalue weighted by molar-refractivity contribution is 0.0236. The highest BCUT2D eigenvalue weighted by molar-refractivity contribution is 7.89. The minimum atomic E-state index is -4.05. The lowest BCUT2D eigenvalue weighted by Crippen LogP contribution is -2.47. The summed E-state index contributed by atoms with van der Waals surface area (Å²) in [6, 6.07) is 1.38. The molecule has 0 amide bonds. The number of sulfonamides is 1. The Morgan fingerprint density at radius 1 is 1.37 bits per heavy atom. The monoisotopic (exact) mass is 292 g/mol. The van der Waals surface area contributed by atoms with Crippen molar-refractivity contribution in [2.24, 2.45) is 0 Å². The number of nitrogens with two attached hydrogens (primary N) is 1. The van der Waals surface area contributed by atoms with Crippen molar-refractivity contribution < 1.29 is 21.9 Å². The second kappa shape index (κ2) is 5.03. The van der Waals surface area contributed by atoms with Crippen LogP contribution in [0.2, 0.25) is 0 Å². The maximum absolute atomic E-state index is 13.7. The van der Waals surface area contributed by atoms with Crippen LogP contribution in [0.1, 0.15) is 12.8 Å². The van der Waals surface area contributed by atoms with Crippen LogP contribution < -0.4 is 10.5 Å². The van der Waals surface area contributed by atoms with E-state index in [0.29, 0.717) is 12.8 Å². The zero-order valence-corrected chi connectivity index (χ0v) is 11.0. The van der Waals surface area contributed by atoms with Gasteiger partial charge in [-0.15, -0.1) is 0 Å². The zero-order valence-electron chi connectivity index (χ0n) is 10.2. The highest BCUT2D eigenvalue weighted by atomic mass is 32.2. The maximum atomic E-state index is 13.7. The number of ether oxygens (including phenoxy) is 1. The molecule has 1 aromatic rings. The Balaban J connectivity index is 2.19. The van der Waals surface area contributed by atoms with Gasteiger partial charge >= 0.3 is 0 Å². The Morgan fingerprint density at radius 3 is 2.58 bits per heavy atom. The molecule has 0 radical (unpaired) electrons. The molecule has 5 nitrogen and oxygen atoms in total. The lowest BCUT2D eigenvalue weighted by Gasteiger charge is -2.34. The first-order valence-electron chi connectivity index (χ1n) is 5.63. The number of nitrogens with one attached hydrogen (secondary N) is 1. The molecule has 8 heteroatoms. The number of rotatable bonds is 4. The van der Waals surface area contributed by atoms with Crippen molar-refractivity contribution >= 4 is 15.7 Å². The second-order valence-electron chi connectivity index (χ2n) is 4.42. The van der Waals surface area contributed by atoms with Crippen LogP contribution in [-0.2, 0) is 14.8 Å². The molecule has 0 aliphatic heterocycles. The van der Waals surface area contributed by atoms with Gasteiger partial charge in [0.15, 0.2) is 5.82 Å². The number of hydrogen-bond acceptors (Lipinski definition) is 4. The average Bonchev–Trinajstić information content (AvgIpc) is 2.30. The van der Waals surface area contributed by atoms with Crippen LogP contribution in [-0.4, -0.2) is 27.7 Å². The highest BCUT2D eigenvalue weighted by Gasteiger charge is 2.34. The minimum Gasteiger partial charge on any atom is -0.394 e. The van der Waals surface area contributed by atoms with E-state index in [9.17, 15) is 17.2 Å². The molecular formula is C11H14F2N2O3S. The second-order valence-corrected chi connectivity index (χ2v) is 6.10. The lowest BCUT2D eigenvalue weighted by atomic mass is 9.90. The summed E-state index contributed by atoms with van der Waals surface area (Å²) in [5, 5.41) is 0. The van der Waals surface area contributed by atoms with Crippen molar-refractivity contribution in [2.75, 3.05) is 12.8 Å². The predicted molar refractivity (Wildman–Crippen MR) is 64.9 cm³/mol. The summed E-state index contributed by atoms with van der Waals surface area (Å²) < 4.78 is 57.9. The number of halogens is 2. The summed E-state index contributed by atoms with van der Waals surface area (Å²) in [5.74, 6) is -2.25. The molecule has 1 fully saturated rings. The van der Waals surface area contributed by atoms with Crippen molar-refractivity contribution in [3.63, 3.8) is 0 Å². The van der Waals surface area contributed by atoms with Crippen LogP contribution in [0.4, 0.5) is 14.5 Å². The van der Waals surface area contributed by atoms with Crippen molar-refractivity contribution in [2.45, 2.75) is 29.9 Å². The molecule has 0 spiro atoms. The van der Waals surface area contributed by atoms with Gasteiger partial charge in [0, 0.05) is 13.2 Å². The molecule has 1 aliphatic rings. The highest BCUT2D eigenvalue weighted by Crippen LogP contribution is 2.27. The van der Waals surface area contributed by atoms with E-state index in [4.69, 9.17) is 10.5 Å². The molecule has 1 saturated carbocycles. The molecule has 0 saturated heterocycles. The van der Waals surface area contributed by atoms with Crippen molar-refractivity contribution in [3.8, 4) is 0 Å². The van der Waals surface area contributed by atoms with Gasteiger partial charge < -0.3 is 10.5 Å². The zero-order chi connectivity index (χ0) is 14.2. The van der Waals surface area contributed by atoms with E-state index in [-0.39, 0.29) is 12.1 Å². The summed E-state index contributed by atoms with van der Waals surface area (Å²) in [5.41, 5.74) is 4.34. The molecule has 19 heavy (non-hydrogen) atoms. The third-order valence-corrected chi connectivity index (χ3v) is 4.67. The van der Waals surface area contributed by atoms with Gasteiger partial charge in [-0.1, -0.05) is 0 Å². The van der Waals surface area contributed by atoms with E-state index in [1.165, 1.54) is 7.11 Å². The topological polar surface area (TPSA) is 81.4 Å². The third-order valence-electron chi connectivity index (χ3n) is 3.13. The first-order valence-corrected chi connectivity index (χ1v) is 7.12. The predicted octanol–water partition coefficient (Wildman–Crippen LogP) is 1.00. The summed E-state index contributed by atoms with van der Waals surface area (Å²) in [6.07, 6.45) is 1.05. The first-order chi connectivity index (χ1) is 8.85. The summed E-state index contributed by atoms with van der Waals surface area (Å²) in [4.78, 5) is -0.646. The standard InChI is InChI=1S/C11H14F2N2O3S/c1-18-7-4-6(5-7)15-19(16,17)9-3-2-8(12)11(14)10(9)13/h2-3,6-7,15H,4-5,14H2,1H3. The SMILES string of the molecule is COC1CC(NS(=O)(=O)c2ccc(F)c(N)c2F)C1. The molecule has 0 aromatic heterocycles. The summed E-state index contributed by atoms with van der Waals surface area (Å²) in [7, 11) is -2.51. The Kier molecular flexibility index (Phi) is 3.75. The quantitative estimate of drug-likeness (QED) is 0.811. The molecule has 3 N–H and O–H groups in total. The van der Waals surface area contributed by atoms with Crippen LogP contribution in [0.3, 0.4) is 0 Å². The smallest absolute Gasteiger partial charge is 0.243 e. The molecule has 106 valence electrons. The molecule has 1 aromatic carbocycles. The van der Waals surface area contributed by atoms with Gasteiger partial charge in [0.2, 0.25) is 10.0 Å². The Labute approximate surface area is 109 Å². The van der Waals surface area contributed by atoms with E-state index in [1.54, 1.807) is 0 Å². The molecule has 0 bridgehead atoms. The van der Waals surface area contributed by atoms with E-state index in [0.717, 1.165) is 12.1 Å². The van der Waals surface area contributed by atoms with Crippen molar-refractivity contribution in [1.29, 1.82) is 0 Å². The first kappa shape index (κ1) is 14.2. The molecule has 0 heterocycles. The van der Waals surface area contributed by atoms with Gasteiger partial charge in [-0.05, 0) is 25.0 Å². The molecule has 1 aliphatic carbocycles. The van der Waals surface area contributed by atoms with E-state index in [2.05, 4.69) is 4.72 Å². The van der Waals surface area contributed by atoms with Crippen LogP contribution in [0.5, 0.6) is 0 Å². The summed E-state index contributed by atoms with van der Waals surface area (Å²) in [6.45, 7) is 0. The number of nitrogen functional groups attached to an aromatic ring is 1. The fourth-order valence-electron chi connectivity index (χ4n) is 1.89. The average molecular weight is 292 g/mol. The molecule has 0 unspecified atom stereocenters. The van der Waals surface area contributed by atoms with Gasteiger partial charge in [-0.3, -0.25) is 0 Å². The van der Waals surface area contributed by atoms with Crippen LogP contribution >= 0.6 is 0 Å². The maximum Gasteiger partial charge on any atom is 0.243 e. The van der Waals surface area contributed by atoms with Crippen molar-refractivity contribution in [1.82, 2.24) is 4.72 Å². The summed E-state index contributed by atoms with van der Waals surface area (Å²) >= 11 is 0. The fourth-order valence-corrected chi connectivity index (χ4v) is 3.25. The van der Waals surface area contributed by atoms with E-state index in [1.807, 2.05) is 0 Å². The minimum absolute atomic E-state index is 0.0100. The van der Waals surface area contributed by atoms with Gasteiger partial charge in [0.1, 0.15) is 16.4 Å². The number of anilines is 1. The molecular weight excluding hydrogens is 278 g/mol. The number of hydrogen-bond donors (Lipinski definition) is 2. The van der Waals surface area contributed by atoms with E-state index >= 15 is 0 Å². The third kappa shape index (κ3) is 2.70. The normalized spacial score (nSPS) is 23.1. The molecule has 2 rings (SSSR count). The Bertz CT molecular complexity index is 586. The van der Waals surface area contributed by atoms with Crippen LogP contribution in [0.15, 0.2) is 17.0 Å². The Hall–Kier alpha value is -1.25. The number of benzene rings is 1. The van der Waals surface area contributed by atoms with Gasteiger partial charge in [0.05, 0.1) is 6.10 Å².